The maximum absolute atomic E-state index is 11.3. The molecule has 4 nitrogen and oxygen atoms in total. The summed E-state index contributed by atoms with van der Waals surface area (Å²) in [5.74, 6) is -0.0873. The van der Waals surface area contributed by atoms with Crippen LogP contribution in [0.5, 0.6) is 0 Å². The summed E-state index contributed by atoms with van der Waals surface area (Å²) in [5, 5.41) is 3.34. The lowest BCUT2D eigenvalue weighted by Gasteiger charge is -2.38. The molecule has 1 aliphatic rings. The summed E-state index contributed by atoms with van der Waals surface area (Å²) < 4.78 is 4.96. The molecule has 0 saturated carbocycles. The summed E-state index contributed by atoms with van der Waals surface area (Å²) in [6.45, 7) is 9.64. The van der Waals surface area contributed by atoms with Gasteiger partial charge in [-0.25, -0.2) is 0 Å². The molecule has 0 aromatic rings. The Morgan fingerprint density at radius 2 is 2.40 bits per heavy atom. The number of nitrogens with one attached hydrogen (secondary N) is 1. The lowest BCUT2D eigenvalue weighted by Crippen LogP contribution is -2.53. The lowest BCUT2D eigenvalue weighted by molar-refractivity contribution is -0.144. The van der Waals surface area contributed by atoms with E-state index in [1.165, 1.54) is 0 Å². The van der Waals surface area contributed by atoms with E-state index in [9.17, 15) is 4.79 Å². The normalized spacial score (nSPS) is 24.9. The third-order valence-electron chi connectivity index (χ3n) is 2.89. The average molecular weight is 214 g/mol. The Balaban J connectivity index is 2.37. The summed E-state index contributed by atoms with van der Waals surface area (Å²) >= 11 is 0. The molecule has 1 heterocycles. The molecule has 0 radical (unpaired) electrons. The van der Waals surface area contributed by atoms with Gasteiger partial charge in [0, 0.05) is 31.7 Å². The molecule has 1 rings (SSSR count). The monoisotopic (exact) mass is 214 g/mol. The molecule has 1 aliphatic heterocycles. The average Bonchev–Trinajstić information content (AvgIpc) is 2.18. The summed E-state index contributed by atoms with van der Waals surface area (Å²) in [6, 6.07) is 0.782. The number of carbonyl (C=O) groups excluding carboxylic acids is 1. The minimum Gasteiger partial charge on any atom is -0.466 e. The molecule has 15 heavy (non-hydrogen) atoms. The molecule has 0 amide bonds. The van der Waals surface area contributed by atoms with Gasteiger partial charge in [-0.05, 0) is 20.8 Å². The third kappa shape index (κ3) is 3.80. The van der Waals surface area contributed by atoms with Crippen molar-refractivity contribution in [1.82, 2.24) is 10.2 Å². The van der Waals surface area contributed by atoms with Crippen molar-refractivity contribution in [1.29, 1.82) is 0 Å². The summed E-state index contributed by atoms with van der Waals surface area (Å²) in [5.41, 5.74) is 0. The van der Waals surface area contributed by atoms with Gasteiger partial charge in [-0.15, -0.1) is 0 Å². The minimum atomic E-state index is -0.0873. The number of hydrogen-bond acceptors (Lipinski definition) is 4. The second-order valence-electron chi connectivity index (χ2n) is 4.15. The first kappa shape index (κ1) is 12.5. The fourth-order valence-corrected chi connectivity index (χ4v) is 2.09. The van der Waals surface area contributed by atoms with E-state index in [1.807, 2.05) is 6.92 Å². The van der Waals surface area contributed by atoms with Crippen LogP contribution in [0.1, 0.15) is 27.2 Å². The molecule has 1 fully saturated rings. The maximum atomic E-state index is 11.3. The predicted molar refractivity (Wildman–Crippen MR) is 59.7 cm³/mol. The van der Waals surface area contributed by atoms with Gasteiger partial charge in [0.2, 0.25) is 0 Å². The largest absolute Gasteiger partial charge is 0.466 e. The smallest absolute Gasteiger partial charge is 0.307 e. The van der Waals surface area contributed by atoms with Crippen LogP contribution in [-0.4, -0.2) is 49.2 Å². The van der Waals surface area contributed by atoms with Crippen molar-refractivity contribution in [2.24, 2.45) is 0 Å². The molecule has 0 aliphatic carbocycles. The minimum absolute atomic E-state index is 0.0873. The van der Waals surface area contributed by atoms with Gasteiger partial charge >= 0.3 is 5.97 Å². The van der Waals surface area contributed by atoms with Gasteiger partial charge in [0.1, 0.15) is 0 Å². The number of esters is 1. The van der Waals surface area contributed by atoms with E-state index in [0.717, 1.165) is 19.6 Å². The molecule has 1 N–H and O–H groups in total. The van der Waals surface area contributed by atoms with E-state index in [4.69, 9.17) is 4.74 Å². The molecule has 2 atom stereocenters. The van der Waals surface area contributed by atoms with Crippen LogP contribution in [0.2, 0.25) is 0 Å². The molecule has 0 aromatic heterocycles. The first-order chi connectivity index (χ1) is 7.15. The summed E-state index contributed by atoms with van der Waals surface area (Å²) in [6.07, 6.45) is 0.498. The van der Waals surface area contributed by atoms with Crippen molar-refractivity contribution in [2.45, 2.75) is 39.3 Å². The van der Waals surface area contributed by atoms with Gasteiger partial charge in [0.15, 0.2) is 0 Å². The zero-order chi connectivity index (χ0) is 11.3. The zero-order valence-corrected chi connectivity index (χ0v) is 9.95. The molecular weight excluding hydrogens is 192 g/mol. The standard InChI is InChI=1S/C11H22N2O2/c1-4-15-11(14)7-9(2)13-6-5-12-8-10(13)3/h9-10,12H,4-8H2,1-3H3/t9?,10-/m1/s1. The fourth-order valence-electron chi connectivity index (χ4n) is 2.09. The molecular formula is C11H22N2O2. The van der Waals surface area contributed by atoms with E-state index >= 15 is 0 Å². The number of hydrogen-bond donors (Lipinski definition) is 1. The Bertz CT molecular complexity index is 209. The quantitative estimate of drug-likeness (QED) is 0.697. The number of nitrogens with zero attached hydrogens (tertiary/aromatic N) is 1. The molecule has 0 spiro atoms. The van der Waals surface area contributed by atoms with Crippen molar-refractivity contribution < 1.29 is 9.53 Å². The van der Waals surface area contributed by atoms with Crippen molar-refractivity contribution in [3.05, 3.63) is 0 Å². The van der Waals surface area contributed by atoms with Gasteiger partial charge < -0.3 is 10.1 Å². The number of ether oxygens (including phenoxy) is 1. The van der Waals surface area contributed by atoms with Crippen LogP contribution >= 0.6 is 0 Å². The fraction of sp³-hybridized carbons (Fsp3) is 0.909. The zero-order valence-electron chi connectivity index (χ0n) is 9.95. The Morgan fingerprint density at radius 1 is 1.67 bits per heavy atom. The van der Waals surface area contributed by atoms with Crippen LogP contribution in [0, 0.1) is 0 Å². The van der Waals surface area contributed by atoms with Crippen LogP contribution in [0.15, 0.2) is 0 Å². The van der Waals surface area contributed by atoms with Gasteiger partial charge in [0.25, 0.3) is 0 Å². The van der Waals surface area contributed by atoms with Crippen LogP contribution in [-0.2, 0) is 9.53 Å². The first-order valence-electron chi connectivity index (χ1n) is 5.77. The van der Waals surface area contributed by atoms with E-state index in [0.29, 0.717) is 19.1 Å². The second kappa shape index (κ2) is 6.08. The highest BCUT2D eigenvalue weighted by atomic mass is 16.5. The molecule has 0 bridgehead atoms. The van der Waals surface area contributed by atoms with Gasteiger partial charge in [-0.3, -0.25) is 9.69 Å². The van der Waals surface area contributed by atoms with E-state index < -0.39 is 0 Å². The van der Waals surface area contributed by atoms with E-state index in [1.54, 1.807) is 0 Å². The van der Waals surface area contributed by atoms with Crippen LogP contribution in [0.4, 0.5) is 0 Å². The van der Waals surface area contributed by atoms with Crippen molar-refractivity contribution in [3.63, 3.8) is 0 Å². The number of carbonyl (C=O) groups is 1. The van der Waals surface area contributed by atoms with E-state index in [2.05, 4.69) is 24.1 Å². The van der Waals surface area contributed by atoms with Crippen molar-refractivity contribution in [2.75, 3.05) is 26.2 Å². The van der Waals surface area contributed by atoms with E-state index in [-0.39, 0.29) is 12.0 Å². The molecule has 0 aromatic carbocycles. The van der Waals surface area contributed by atoms with Gasteiger partial charge in [-0.2, -0.15) is 0 Å². The molecule has 4 heteroatoms. The Labute approximate surface area is 92.0 Å². The number of piperazine rings is 1. The maximum Gasteiger partial charge on any atom is 0.307 e. The van der Waals surface area contributed by atoms with Gasteiger partial charge in [-0.1, -0.05) is 0 Å². The van der Waals surface area contributed by atoms with Crippen LogP contribution < -0.4 is 5.32 Å². The van der Waals surface area contributed by atoms with Crippen LogP contribution in [0.25, 0.3) is 0 Å². The van der Waals surface area contributed by atoms with Crippen LogP contribution in [0.3, 0.4) is 0 Å². The lowest BCUT2D eigenvalue weighted by atomic mass is 10.1. The third-order valence-corrected chi connectivity index (χ3v) is 2.89. The molecule has 1 unspecified atom stereocenters. The molecule has 1 saturated heterocycles. The van der Waals surface area contributed by atoms with Crippen molar-refractivity contribution in [3.8, 4) is 0 Å². The number of rotatable bonds is 4. The Morgan fingerprint density at radius 3 is 3.00 bits per heavy atom. The molecule has 88 valence electrons. The second-order valence-corrected chi connectivity index (χ2v) is 4.15. The highest BCUT2D eigenvalue weighted by Crippen LogP contribution is 2.11. The first-order valence-corrected chi connectivity index (χ1v) is 5.77. The predicted octanol–water partition coefficient (Wildman–Crippen LogP) is 0.622. The Kier molecular flexibility index (Phi) is 5.05. The van der Waals surface area contributed by atoms with Gasteiger partial charge in [0.05, 0.1) is 13.0 Å². The highest BCUT2D eigenvalue weighted by Gasteiger charge is 2.24. The summed E-state index contributed by atoms with van der Waals surface area (Å²) in [4.78, 5) is 13.7. The van der Waals surface area contributed by atoms with Crippen molar-refractivity contribution >= 4 is 5.97 Å². The SMILES string of the molecule is CCOC(=O)CC(C)N1CCNC[C@H]1C. The topological polar surface area (TPSA) is 41.6 Å². The summed E-state index contributed by atoms with van der Waals surface area (Å²) in [7, 11) is 0. The highest BCUT2D eigenvalue weighted by molar-refractivity contribution is 5.70. The Hall–Kier alpha value is -0.610.